The number of thioether (sulfide) groups is 1. The highest BCUT2D eigenvalue weighted by Gasteiger charge is 2.18. The van der Waals surface area contributed by atoms with Crippen LogP contribution < -0.4 is 16.0 Å². The lowest BCUT2D eigenvalue weighted by Gasteiger charge is -2.13. The maximum Gasteiger partial charge on any atom is 0.272 e. The Morgan fingerprint density at radius 1 is 1.00 bits per heavy atom. The van der Waals surface area contributed by atoms with Gasteiger partial charge in [-0.25, -0.2) is 0 Å². The van der Waals surface area contributed by atoms with E-state index in [0.717, 1.165) is 15.5 Å². The van der Waals surface area contributed by atoms with Crippen molar-refractivity contribution < 1.29 is 14.4 Å². The number of rotatable bonds is 9. The number of nitrogens with zero attached hydrogens (tertiary/aromatic N) is 2. The Kier molecular flexibility index (Phi) is 8.83. The maximum atomic E-state index is 13.2. The molecule has 0 aliphatic carbocycles. The molecule has 0 aliphatic heterocycles. The zero-order valence-electron chi connectivity index (χ0n) is 19.9. The van der Waals surface area contributed by atoms with E-state index in [2.05, 4.69) is 26.1 Å². The first kappa shape index (κ1) is 26.3. The molecular weight excluding hydrogens is 527 g/mol. The Bertz CT molecular complexity index is 1420. The van der Waals surface area contributed by atoms with Gasteiger partial charge >= 0.3 is 0 Å². The lowest BCUT2D eigenvalue weighted by molar-refractivity contribution is -0.115. The highest BCUT2D eigenvalue weighted by molar-refractivity contribution is 8.00. The molecule has 2 heterocycles. The van der Waals surface area contributed by atoms with Gasteiger partial charge in [0.15, 0.2) is 0 Å². The van der Waals surface area contributed by atoms with Crippen molar-refractivity contribution in [3.63, 3.8) is 0 Å². The smallest absolute Gasteiger partial charge is 0.272 e. The van der Waals surface area contributed by atoms with Gasteiger partial charge in [-0.15, -0.1) is 22.0 Å². The van der Waals surface area contributed by atoms with E-state index in [0.29, 0.717) is 16.4 Å². The van der Waals surface area contributed by atoms with Crippen molar-refractivity contribution >= 4 is 69.1 Å². The van der Waals surface area contributed by atoms with E-state index in [1.54, 1.807) is 55.5 Å². The Morgan fingerprint density at radius 3 is 2.51 bits per heavy atom. The van der Waals surface area contributed by atoms with Crippen LogP contribution >= 0.6 is 34.4 Å². The van der Waals surface area contributed by atoms with Crippen LogP contribution in [0.15, 0.2) is 82.0 Å². The number of carbonyl (C=O) groups is 3. The average Bonchev–Trinajstić information content (AvgIpc) is 3.55. The summed E-state index contributed by atoms with van der Waals surface area (Å²) in [5.74, 6) is -1.04. The molecule has 0 saturated heterocycles. The predicted octanol–water partition coefficient (Wildman–Crippen LogP) is 5.44. The summed E-state index contributed by atoms with van der Waals surface area (Å²) in [7, 11) is 0. The molecule has 11 heteroatoms. The minimum absolute atomic E-state index is 0.116. The van der Waals surface area contributed by atoms with Gasteiger partial charge in [0.25, 0.3) is 11.8 Å². The third-order valence-corrected chi connectivity index (χ3v) is 7.46. The van der Waals surface area contributed by atoms with Gasteiger partial charge in [0.05, 0.1) is 5.25 Å². The van der Waals surface area contributed by atoms with Gasteiger partial charge < -0.3 is 10.6 Å². The number of thiophene rings is 1. The van der Waals surface area contributed by atoms with Crippen molar-refractivity contribution in [1.82, 2.24) is 15.5 Å². The lowest BCUT2D eigenvalue weighted by atomic mass is 10.2. The second-order valence-corrected chi connectivity index (χ2v) is 11.2. The van der Waals surface area contributed by atoms with E-state index in [4.69, 9.17) is 0 Å². The van der Waals surface area contributed by atoms with Gasteiger partial charge in [-0.3, -0.25) is 19.7 Å². The van der Waals surface area contributed by atoms with Crippen molar-refractivity contribution in [2.45, 2.75) is 24.0 Å². The van der Waals surface area contributed by atoms with Gasteiger partial charge in [-0.2, -0.15) is 11.3 Å². The van der Waals surface area contributed by atoms with E-state index in [1.165, 1.54) is 34.4 Å². The first-order valence-electron chi connectivity index (χ1n) is 11.2. The SMILES string of the molecule is Cc1nnc(NC(=O)C(C)Sc2cccc(NC(=O)/C(=C/c3ccsc3)NC(=O)c3ccccc3)c2)s1. The van der Waals surface area contributed by atoms with Crippen molar-refractivity contribution in [2.75, 3.05) is 10.6 Å². The topological polar surface area (TPSA) is 113 Å². The number of hydrogen-bond acceptors (Lipinski definition) is 8. The summed E-state index contributed by atoms with van der Waals surface area (Å²) in [5.41, 5.74) is 1.90. The zero-order valence-corrected chi connectivity index (χ0v) is 22.4. The van der Waals surface area contributed by atoms with E-state index in [9.17, 15) is 14.4 Å². The highest BCUT2D eigenvalue weighted by atomic mass is 32.2. The Labute approximate surface area is 226 Å². The Balaban J connectivity index is 1.44. The van der Waals surface area contributed by atoms with Gasteiger partial charge in [0.1, 0.15) is 10.7 Å². The molecule has 3 N–H and O–H groups in total. The summed E-state index contributed by atoms with van der Waals surface area (Å²) >= 11 is 4.15. The Morgan fingerprint density at radius 2 is 1.81 bits per heavy atom. The molecule has 3 amide bonds. The van der Waals surface area contributed by atoms with Gasteiger partial charge in [0, 0.05) is 16.1 Å². The molecule has 2 aromatic carbocycles. The molecule has 0 aliphatic rings. The number of nitrogens with one attached hydrogen (secondary N) is 3. The minimum Gasteiger partial charge on any atom is -0.321 e. The lowest BCUT2D eigenvalue weighted by Crippen LogP contribution is -2.30. The standard InChI is InChI=1S/C26H23N5O3S3/c1-16(23(32)29-26-31-30-17(2)37-26)36-21-10-6-9-20(14-21)27-25(34)22(13-18-11-12-35-15-18)28-24(33)19-7-4-3-5-8-19/h3-16H,1-2H3,(H,27,34)(H,28,33)(H,29,31,32)/b22-13-. The fourth-order valence-electron chi connectivity index (χ4n) is 3.12. The summed E-state index contributed by atoms with van der Waals surface area (Å²) in [6.07, 6.45) is 1.63. The summed E-state index contributed by atoms with van der Waals surface area (Å²) < 4.78 is 0. The number of amides is 3. The van der Waals surface area contributed by atoms with Crippen LogP contribution in [0.25, 0.3) is 6.08 Å². The van der Waals surface area contributed by atoms with Crippen LogP contribution in [0.2, 0.25) is 0 Å². The average molecular weight is 550 g/mol. The highest BCUT2D eigenvalue weighted by Crippen LogP contribution is 2.27. The number of aromatic nitrogens is 2. The molecule has 0 bridgehead atoms. The molecule has 4 aromatic rings. The number of carbonyl (C=O) groups excluding carboxylic acids is 3. The number of hydrogen-bond donors (Lipinski definition) is 3. The third-order valence-electron chi connectivity index (χ3n) is 4.91. The van der Waals surface area contributed by atoms with Crippen molar-refractivity contribution in [1.29, 1.82) is 0 Å². The second-order valence-electron chi connectivity index (χ2n) is 7.79. The molecule has 1 unspecified atom stereocenters. The van der Waals surface area contributed by atoms with Crippen LogP contribution in [0, 0.1) is 6.92 Å². The van der Waals surface area contributed by atoms with E-state index in [1.807, 2.05) is 35.9 Å². The van der Waals surface area contributed by atoms with Gasteiger partial charge in [-0.1, -0.05) is 35.6 Å². The van der Waals surface area contributed by atoms with Crippen molar-refractivity contribution in [3.8, 4) is 0 Å². The molecule has 37 heavy (non-hydrogen) atoms. The zero-order chi connectivity index (χ0) is 26.2. The Hall–Kier alpha value is -3.80. The first-order chi connectivity index (χ1) is 17.9. The van der Waals surface area contributed by atoms with Crippen LogP contribution in [-0.4, -0.2) is 33.2 Å². The van der Waals surface area contributed by atoms with Gasteiger partial charge in [0.2, 0.25) is 11.0 Å². The summed E-state index contributed by atoms with van der Waals surface area (Å²) in [5, 5.41) is 20.8. The summed E-state index contributed by atoms with van der Waals surface area (Å²) in [4.78, 5) is 39.2. The monoisotopic (exact) mass is 549 g/mol. The van der Waals surface area contributed by atoms with E-state index < -0.39 is 11.2 Å². The molecule has 2 aromatic heterocycles. The molecule has 0 radical (unpaired) electrons. The minimum atomic E-state index is -0.463. The number of benzene rings is 2. The molecule has 4 rings (SSSR count). The maximum absolute atomic E-state index is 13.2. The van der Waals surface area contributed by atoms with E-state index in [-0.39, 0.29) is 17.5 Å². The predicted molar refractivity (Wildman–Crippen MR) is 150 cm³/mol. The summed E-state index contributed by atoms with van der Waals surface area (Å²) in [6.45, 7) is 3.61. The molecule has 1 atom stereocenters. The normalized spacial score (nSPS) is 12.0. The molecule has 0 fully saturated rings. The molecule has 8 nitrogen and oxygen atoms in total. The summed E-state index contributed by atoms with van der Waals surface area (Å²) in [6, 6.07) is 17.7. The fourth-order valence-corrected chi connectivity index (χ4v) is 5.26. The molecule has 188 valence electrons. The van der Waals surface area contributed by atoms with Gasteiger partial charge in [-0.05, 0) is 72.6 Å². The van der Waals surface area contributed by atoms with Crippen LogP contribution in [0.5, 0.6) is 0 Å². The van der Waals surface area contributed by atoms with Crippen LogP contribution in [0.1, 0.15) is 27.9 Å². The van der Waals surface area contributed by atoms with Crippen LogP contribution in [0.3, 0.4) is 0 Å². The number of aryl methyl sites for hydroxylation is 1. The number of anilines is 2. The molecule has 0 saturated carbocycles. The first-order valence-corrected chi connectivity index (χ1v) is 13.8. The second kappa shape index (κ2) is 12.4. The fraction of sp³-hybridized carbons (Fsp3) is 0.115. The van der Waals surface area contributed by atoms with Crippen LogP contribution in [0.4, 0.5) is 10.8 Å². The quantitative estimate of drug-likeness (QED) is 0.189. The molecule has 0 spiro atoms. The third kappa shape index (κ3) is 7.59. The van der Waals surface area contributed by atoms with Crippen molar-refractivity contribution in [3.05, 3.63) is 93.3 Å². The van der Waals surface area contributed by atoms with E-state index >= 15 is 0 Å². The largest absolute Gasteiger partial charge is 0.321 e. The van der Waals surface area contributed by atoms with Crippen molar-refractivity contribution in [2.24, 2.45) is 0 Å². The molecular formula is C26H23N5O3S3. The van der Waals surface area contributed by atoms with Crippen LogP contribution in [-0.2, 0) is 9.59 Å².